The summed E-state index contributed by atoms with van der Waals surface area (Å²) in [6.45, 7) is 6.33. The first-order chi connectivity index (χ1) is 12.4. The zero-order chi connectivity index (χ0) is 19.1. The number of esters is 1. The summed E-state index contributed by atoms with van der Waals surface area (Å²) in [6, 6.07) is 4.25. The number of likely N-dealkylation sites (N-methyl/N-ethyl adjacent to an activating group) is 1. The molecule has 0 atom stereocenters. The largest absolute Gasteiger partial charge is 0.456 e. The van der Waals surface area contributed by atoms with Crippen LogP contribution in [0.2, 0.25) is 0 Å². The Morgan fingerprint density at radius 1 is 1.35 bits per heavy atom. The van der Waals surface area contributed by atoms with Crippen LogP contribution in [0.4, 0.5) is 5.13 Å². The highest BCUT2D eigenvalue weighted by atomic mass is 32.1. The number of anilines is 1. The van der Waals surface area contributed by atoms with E-state index in [9.17, 15) is 9.59 Å². The first kappa shape index (κ1) is 20.4. The van der Waals surface area contributed by atoms with Crippen molar-refractivity contribution in [2.45, 2.75) is 39.7 Å². The van der Waals surface area contributed by atoms with Gasteiger partial charge < -0.3 is 15.0 Å². The molecule has 0 aliphatic rings. The van der Waals surface area contributed by atoms with Gasteiger partial charge in [0.15, 0.2) is 11.7 Å². The Bertz CT molecular complexity index is 740. The van der Waals surface area contributed by atoms with Crippen molar-refractivity contribution in [2.24, 2.45) is 0 Å². The van der Waals surface area contributed by atoms with Gasteiger partial charge in [0.25, 0.3) is 5.91 Å². The number of carbonyl (C=O) groups excluding carboxylic acids is 2. The van der Waals surface area contributed by atoms with Crippen LogP contribution in [0.5, 0.6) is 0 Å². The smallest absolute Gasteiger partial charge is 0.306 e. The monoisotopic (exact) mass is 395 g/mol. The molecule has 0 bridgehead atoms. The molecule has 8 heteroatoms. The number of hydrogen-bond acceptors (Lipinski definition) is 7. The van der Waals surface area contributed by atoms with E-state index in [2.05, 4.69) is 29.4 Å². The number of aryl methyl sites for hydroxylation is 1. The average molecular weight is 396 g/mol. The number of thiophene rings is 1. The molecular weight excluding hydrogens is 370 g/mol. The molecule has 0 aliphatic carbocycles. The van der Waals surface area contributed by atoms with Crippen molar-refractivity contribution in [3.8, 4) is 10.6 Å². The van der Waals surface area contributed by atoms with Gasteiger partial charge in [-0.2, -0.15) is 0 Å². The van der Waals surface area contributed by atoms with Crippen LogP contribution in [0.3, 0.4) is 0 Å². The van der Waals surface area contributed by atoms with E-state index in [1.807, 2.05) is 19.2 Å². The number of thiazole rings is 1. The standard InChI is InChI=1S/C18H25N3O3S2/c1-12(2)21(4)16(22)10-24-17(23)6-5-9-19-18-20-14(11-25-18)15-8-7-13(3)26-15/h7-8,11-12H,5-6,9-10H2,1-4H3,(H,19,20). The van der Waals surface area contributed by atoms with Gasteiger partial charge in [0.05, 0.1) is 10.6 Å². The summed E-state index contributed by atoms with van der Waals surface area (Å²) in [6.07, 6.45) is 0.897. The number of amides is 1. The maximum Gasteiger partial charge on any atom is 0.306 e. The number of carbonyl (C=O) groups is 2. The van der Waals surface area contributed by atoms with Crippen molar-refractivity contribution in [3.05, 3.63) is 22.4 Å². The Kier molecular flexibility index (Phi) is 7.59. The molecule has 2 aromatic rings. The molecule has 0 aromatic carbocycles. The Morgan fingerprint density at radius 3 is 2.77 bits per heavy atom. The van der Waals surface area contributed by atoms with Crippen molar-refractivity contribution in [3.63, 3.8) is 0 Å². The fourth-order valence-corrected chi connectivity index (χ4v) is 3.71. The van der Waals surface area contributed by atoms with Crippen LogP contribution in [-0.2, 0) is 14.3 Å². The Morgan fingerprint density at radius 2 is 2.12 bits per heavy atom. The van der Waals surface area contributed by atoms with E-state index >= 15 is 0 Å². The molecule has 1 N–H and O–H groups in total. The van der Waals surface area contributed by atoms with Crippen LogP contribution in [0.1, 0.15) is 31.6 Å². The summed E-state index contributed by atoms with van der Waals surface area (Å²) < 4.78 is 5.02. The number of nitrogens with one attached hydrogen (secondary N) is 1. The van der Waals surface area contributed by atoms with Crippen molar-refractivity contribution < 1.29 is 14.3 Å². The van der Waals surface area contributed by atoms with Gasteiger partial charge in [-0.3, -0.25) is 9.59 Å². The minimum absolute atomic E-state index is 0.0895. The third-order valence-electron chi connectivity index (χ3n) is 3.86. The molecule has 1 amide bonds. The normalized spacial score (nSPS) is 10.8. The lowest BCUT2D eigenvalue weighted by atomic mass is 10.3. The van der Waals surface area contributed by atoms with Gasteiger partial charge in [-0.1, -0.05) is 0 Å². The lowest BCUT2D eigenvalue weighted by Gasteiger charge is -2.21. The molecule has 2 rings (SSSR count). The minimum atomic E-state index is -0.355. The molecule has 0 saturated heterocycles. The summed E-state index contributed by atoms with van der Waals surface area (Å²) in [5.74, 6) is -0.545. The van der Waals surface area contributed by atoms with Crippen molar-refractivity contribution in [1.82, 2.24) is 9.88 Å². The molecule has 0 radical (unpaired) electrons. The van der Waals surface area contributed by atoms with Crippen LogP contribution >= 0.6 is 22.7 Å². The summed E-state index contributed by atoms with van der Waals surface area (Å²) >= 11 is 3.27. The summed E-state index contributed by atoms with van der Waals surface area (Å²) in [4.78, 5) is 32.0. The third kappa shape index (κ3) is 6.10. The molecule has 26 heavy (non-hydrogen) atoms. The summed E-state index contributed by atoms with van der Waals surface area (Å²) in [7, 11) is 1.70. The van der Waals surface area contributed by atoms with Crippen molar-refractivity contribution >= 4 is 39.7 Å². The van der Waals surface area contributed by atoms with E-state index in [4.69, 9.17) is 4.74 Å². The van der Waals surface area contributed by atoms with Gasteiger partial charge in [-0.05, 0) is 39.3 Å². The number of nitrogens with zero attached hydrogens (tertiary/aromatic N) is 2. The predicted molar refractivity (Wildman–Crippen MR) is 107 cm³/mol. The highest BCUT2D eigenvalue weighted by Crippen LogP contribution is 2.30. The molecule has 0 aliphatic heterocycles. The zero-order valence-electron chi connectivity index (χ0n) is 15.6. The Balaban J connectivity index is 1.65. The van der Waals surface area contributed by atoms with Gasteiger partial charge in [0, 0.05) is 36.3 Å². The Hall–Kier alpha value is -1.93. The van der Waals surface area contributed by atoms with Crippen molar-refractivity contribution in [1.29, 1.82) is 0 Å². The molecule has 0 unspecified atom stereocenters. The number of aromatic nitrogens is 1. The van der Waals surface area contributed by atoms with Crippen LogP contribution in [0.15, 0.2) is 17.5 Å². The van der Waals surface area contributed by atoms with Gasteiger partial charge in [0.2, 0.25) is 0 Å². The van der Waals surface area contributed by atoms with Crippen molar-refractivity contribution in [2.75, 3.05) is 25.5 Å². The lowest BCUT2D eigenvalue weighted by molar-refractivity contribution is -0.152. The summed E-state index contributed by atoms with van der Waals surface area (Å²) in [5, 5.41) is 6.09. The maximum atomic E-state index is 11.8. The lowest BCUT2D eigenvalue weighted by Crippen LogP contribution is -2.36. The molecule has 142 valence electrons. The predicted octanol–water partition coefficient (Wildman–Crippen LogP) is 3.78. The van der Waals surface area contributed by atoms with E-state index in [-0.39, 0.29) is 30.9 Å². The molecule has 2 aromatic heterocycles. The fraction of sp³-hybridized carbons (Fsp3) is 0.500. The maximum absolute atomic E-state index is 11.8. The molecule has 2 heterocycles. The van der Waals surface area contributed by atoms with Crippen LogP contribution in [-0.4, -0.2) is 48.0 Å². The molecule has 0 spiro atoms. The second-order valence-electron chi connectivity index (χ2n) is 6.24. The second-order valence-corrected chi connectivity index (χ2v) is 8.38. The minimum Gasteiger partial charge on any atom is -0.456 e. The van der Waals surface area contributed by atoms with E-state index in [0.717, 1.165) is 15.7 Å². The van der Waals surface area contributed by atoms with Gasteiger partial charge in [-0.25, -0.2) is 4.98 Å². The molecule has 0 fully saturated rings. The third-order valence-corrected chi connectivity index (χ3v) is 5.68. The van der Waals surface area contributed by atoms with Gasteiger partial charge in [-0.15, -0.1) is 22.7 Å². The van der Waals surface area contributed by atoms with E-state index in [1.165, 1.54) is 4.88 Å². The second kappa shape index (κ2) is 9.68. The number of hydrogen-bond donors (Lipinski definition) is 1. The van der Waals surface area contributed by atoms with Gasteiger partial charge >= 0.3 is 5.97 Å². The van der Waals surface area contributed by atoms with Crippen LogP contribution in [0, 0.1) is 6.92 Å². The quantitative estimate of drug-likeness (QED) is 0.517. The van der Waals surface area contributed by atoms with Crippen LogP contribution in [0.25, 0.3) is 10.6 Å². The first-order valence-corrected chi connectivity index (χ1v) is 10.2. The molecule has 6 nitrogen and oxygen atoms in total. The van der Waals surface area contributed by atoms with E-state index in [1.54, 1.807) is 34.6 Å². The van der Waals surface area contributed by atoms with E-state index < -0.39 is 0 Å². The SMILES string of the molecule is Cc1ccc(-c2csc(NCCCC(=O)OCC(=O)N(C)C(C)C)n2)s1. The van der Waals surface area contributed by atoms with E-state index in [0.29, 0.717) is 13.0 Å². The highest BCUT2D eigenvalue weighted by molar-refractivity contribution is 7.16. The number of ether oxygens (including phenoxy) is 1. The summed E-state index contributed by atoms with van der Waals surface area (Å²) in [5.41, 5.74) is 0.975. The topological polar surface area (TPSA) is 71.5 Å². The first-order valence-electron chi connectivity index (χ1n) is 8.54. The average Bonchev–Trinajstić information content (AvgIpc) is 3.24. The van der Waals surface area contributed by atoms with Gasteiger partial charge in [0.1, 0.15) is 0 Å². The fourth-order valence-electron chi connectivity index (χ4n) is 2.07. The van der Waals surface area contributed by atoms with Crippen LogP contribution < -0.4 is 5.32 Å². The zero-order valence-corrected chi connectivity index (χ0v) is 17.2. The number of rotatable bonds is 9. The molecule has 0 saturated carbocycles. The highest BCUT2D eigenvalue weighted by Gasteiger charge is 2.14. The Labute approximate surface area is 162 Å². The molecular formula is C18H25N3O3S2.